The van der Waals surface area contributed by atoms with Crippen LogP contribution in [0.2, 0.25) is 0 Å². The molecule has 10 heteroatoms. The molecule has 1 aliphatic heterocycles. The number of ether oxygens (including phenoxy) is 1. The van der Waals surface area contributed by atoms with Crippen LogP contribution in [0.3, 0.4) is 0 Å². The third-order valence-corrected chi connectivity index (χ3v) is 7.68. The molecule has 2 aromatic heterocycles. The van der Waals surface area contributed by atoms with Crippen molar-refractivity contribution in [3.63, 3.8) is 0 Å². The van der Waals surface area contributed by atoms with E-state index in [1.807, 2.05) is 55.6 Å². The zero-order chi connectivity index (χ0) is 25.4. The molecule has 1 atom stereocenters. The van der Waals surface area contributed by atoms with Gasteiger partial charge in [0.15, 0.2) is 4.80 Å². The Labute approximate surface area is 219 Å². The molecule has 1 aromatic carbocycles. The summed E-state index contributed by atoms with van der Waals surface area (Å²) in [6.07, 6.45) is 3.42. The van der Waals surface area contributed by atoms with Gasteiger partial charge in [-0.3, -0.25) is 9.36 Å². The van der Waals surface area contributed by atoms with Crippen LogP contribution in [-0.4, -0.2) is 37.0 Å². The molecule has 3 aromatic rings. The number of esters is 1. The summed E-state index contributed by atoms with van der Waals surface area (Å²) in [6.45, 7) is 5.38. The predicted molar refractivity (Wildman–Crippen MR) is 144 cm³/mol. The molecule has 0 saturated heterocycles. The second kappa shape index (κ2) is 10.2. The second-order valence-corrected chi connectivity index (χ2v) is 11.2. The summed E-state index contributed by atoms with van der Waals surface area (Å²) in [5, 5.41) is 0. The van der Waals surface area contributed by atoms with E-state index in [0.29, 0.717) is 32.2 Å². The first-order valence-electron chi connectivity index (χ1n) is 10.9. The first-order chi connectivity index (χ1) is 16.6. The van der Waals surface area contributed by atoms with Crippen molar-refractivity contribution in [3.05, 3.63) is 77.1 Å². The maximum Gasteiger partial charge on any atom is 0.338 e. The van der Waals surface area contributed by atoms with E-state index < -0.39 is 12.0 Å². The van der Waals surface area contributed by atoms with E-state index in [1.54, 1.807) is 43.2 Å². The van der Waals surface area contributed by atoms with Crippen LogP contribution in [0.1, 0.15) is 38.1 Å². The van der Waals surface area contributed by atoms with E-state index in [9.17, 15) is 9.59 Å². The monoisotopic (exact) mass is 575 g/mol. The summed E-state index contributed by atoms with van der Waals surface area (Å²) < 4.78 is 14.3. The molecule has 0 fully saturated rings. The van der Waals surface area contributed by atoms with Gasteiger partial charge in [-0.15, -0.1) is 11.8 Å². The van der Waals surface area contributed by atoms with Crippen molar-refractivity contribution in [2.45, 2.75) is 37.8 Å². The van der Waals surface area contributed by atoms with Gasteiger partial charge >= 0.3 is 5.97 Å². The zero-order valence-electron chi connectivity index (χ0n) is 20.3. The first-order valence-corrected chi connectivity index (χ1v) is 13.8. The van der Waals surface area contributed by atoms with Crippen molar-refractivity contribution in [2.75, 3.05) is 25.3 Å². The standard InChI is InChI=1S/C25H26BrN3O4S2/c1-13(2)32-24(31)20-14(3)27-25-29(21(20)15-7-9-17(34-6)10-8-15)22(30)19(35-25)12-16-11-18(26)23(33-16)28(4)5/h7-13,21H,1-6H3/b19-12+/t21-/m1/s1. The Hall–Kier alpha value is -2.56. The van der Waals surface area contributed by atoms with Crippen LogP contribution in [0.25, 0.3) is 6.08 Å². The number of thioether (sulfide) groups is 1. The van der Waals surface area contributed by atoms with E-state index in [0.717, 1.165) is 14.9 Å². The Kier molecular flexibility index (Phi) is 7.44. The number of halogens is 1. The van der Waals surface area contributed by atoms with Crippen molar-refractivity contribution in [1.29, 1.82) is 0 Å². The van der Waals surface area contributed by atoms with Gasteiger partial charge in [-0.2, -0.15) is 0 Å². The molecule has 7 nitrogen and oxygen atoms in total. The van der Waals surface area contributed by atoms with E-state index in [1.165, 1.54) is 11.3 Å². The summed E-state index contributed by atoms with van der Waals surface area (Å²) in [5.41, 5.74) is 1.48. The smallest absolute Gasteiger partial charge is 0.338 e. The zero-order valence-corrected chi connectivity index (χ0v) is 23.5. The van der Waals surface area contributed by atoms with Crippen LogP contribution in [0.4, 0.5) is 5.88 Å². The molecule has 4 rings (SSSR count). The SMILES string of the molecule is CSc1ccc([C@@H]2C(C(=O)OC(C)C)=C(C)N=c3s/c(=C/c4cc(Br)c(N(C)C)o4)c(=O)n32)cc1. The van der Waals surface area contributed by atoms with E-state index >= 15 is 0 Å². The number of thiazole rings is 1. The number of fused-ring (bicyclic) bond motifs is 1. The number of allylic oxidation sites excluding steroid dienone is 1. The van der Waals surface area contributed by atoms with Gasteiger partial charge in [0, 0.05) is 31.1 Å². The van der Waals surface area contributed by atoms with Gasteiger partial charge in [0.05, 0.1) is 32.4 Å². The molecule has 0 bridgehead atoms. The van der Waals surface area contributed by atoms with Gasteiger partial charge in [0.25, 0.3) is 5.56 Å². The Morgan fingerprint density at radius 3 is 2.57 bits per heavy atom. The molecular formula is C25H26BrN3O4S2. The molecule has 0 unspecified atom stereocenters. The molecule has 0 saturated carbocycles. The van der Waals surface area contributed by atoms with Gasteiger partial charge in [0.1, 0.15) is 5.76 Å². The fourth-order valence-corrected chi connectivity index (χ4v) is 5.94. The molecule has 184 valence electrons. The average molecular weight is 577 g/mol. The van der Waals surface area contributed by atoms with Crippen LogP contribution in [0.5, 0.6) is 0 Å². The third kappa shape index (κ3) is 5.05. The van der Waals surface area contributed by atoms with Crippen molar-refractivity contribution >= 4 is 57.0 Å². The third-order valence-electron chi connectivity index (χ3n) is 5.38. The maximum atomic E-state index is 13.7. The van der Waals surface area contributed by atoms with Gasteiger partial charge < -0.3 is 14.1 Å². The summed E-state index contributed by atoms with van der Waals surface area (Å²) in [6, 6.07) is 9.04. The van der Waals surface area contributed by atoms with Crippen LogP contribution in [0.15, 0.2) is 65.2 Å². The number of aromatic nitrogens is 1. The van der Waals surface area contributed by atoms with E-state index in [4.69, 9.17) is 9.15 Å². The minimum Gasteiger partial charge on any atom is -0.459 e. The minimum atomic E-state index is -0.642. The fourth-order valence-electron chi connectivity index (χ4n) is 3.84. The second-order valence-electron chi connectivity index (χ2n) is 8.51. The lowest BCUT2D eigenvalue weighted by molar-refractivity contribution is -0.143. The topological polar surface area (TPSA) is 77.0 Å². The number of carbonyl (C=O) groups is 1. The lowest BCUT2D eigenvalue weighted by Gasteiger charge is -2.25. The number of anilines is 1. The molecule has 3 heterocycles. The van der Waals surface area contributed by atoms with Crippen molar-refractivity contribution in [2.24, 2.45) is 4.99 Å². The number of benzene rings is 1. The van der Waals surface area contributed by atoms with Gasteiger partial charge in [-0.1, -0.05) is 23.5 Å². The summed E-state index contributed by atoms with van der Waals surface area (Å²) >= 11 is 6.39. The normalized spacial score (nSPS) is 15.9. The average Bonchev–Trinajstić information content (AvgIpc) is 3.31. The predicted octanol–water partition coefficient (Wildman–Crippen LogP) is 4.33. The van der Waals surface area contributed by atoms with E-state index in [2.05, 4.69) is 20.9 Å². The Morgan fingerprint density at radius 1 is 1.31 bits per heavy atom. The molecule has 35 heavy (non-hydrogen) atoms. The largest absolute Gasteiger partial charge is 0.459 e. The number of rotatable bonds is 6. The molecular weight excluding hydrogens is 550 g/mol. The number of carbonyl (C=O) groups excluding carboxylic acids is 1. The Balaban J connectivity index is 1.91. The van der Waals surface area contributed by atoms with Gasteiger partial charge in [0.2, 0.25) is 5.88 Å². The summed E-state index contributed by atoms with van der Waals surface area (Å²) in [5.74, 6) is 0.729. The van der Waals surface area contributed by atoms with Crippen LogP contribution < -0.4 is 19.8 Å². The highest BCUT2D eigenvalue weighted by molar-refractivity contribution is 9.10. The maximum absolute atomic E-state index is 13.7. The quantitative estimate of drug-likeness (QED) is 0.321. The highest BCUT2D eigenvalue weighted by atomic mass is 79.9. The molecule has 0 spiro atoms. The Bertz CT molecular complexity index is 1480. The summed E-state index contributed by atoms with van der Waals surface area (Å²) in [4.78, 5) is 34.9. The number of furan rings is 1. The van der Waals surface area contributed by atoms with E-state index in [-0.39, 0.29) is 11.7 Å². The minimum absolute atomic E-state index is 0.242. The van der Waals surface area contributed by atoms with Gasteiger partial charge in [-0.25, -0.2) is 9.79 Å². The molecule has 0 amide bonds. The highest BCUT2D eigenvalue weighted by Gasteiger charge is 2.33. The van der Waals surface area contributed by atoms with Crippen LogP contribution in [-0.2, 0) is 9.53 Å². The highest BCUT2D eigenvalue weighted by Crippen LogP contribution is 2.32. The molecule has 0 radical (unpaired) electrons. The number of nitrogens with zero attached hydrogens (tertiary/aromatic N) is 3. The van der Waals surface area contributed by atoms with Crippen LogP contribution in [0, 0.1) is 0 Å². The lowest BCUT2D eigenvalue weighted by atomic mass is 9.96. The van der Waals surface area contributed by atoms with Crippen molar-refractivity contribution in [1.82, 2.24) is 4.57 Å². The van der Waals surface area contributed by atoms with Gasteiger partial charge in [-0.05, 0) is 60.7 Å². The van der Waals surface area contributed by atoms with Crippen molar-refractivity contribution in [3.8, 4) is 0 Å². The van der Waals surface area contributed by atoms with Crippen molar-refractivity contribution < 1.29 is 13.9 Å². The number of hydrogen-bond acceptors (Lipinski definition) is 8. The molecule has 0 aliphatic carbocycles. The lowest BCUT2D eigenvalue weighted by Crippen LogP contribution is -2.40. The number of hydrogen-bond donors (Lipinski definition) is 0. The summed E-state index contributed by atoms with van der Waals surface area (Å²) in [7, 11) is 3.76. The molecule has 1 aliphatic rings. The fraction of sp³-hybridized carbons (Fsp3) is 0.320. The first kappa shape index (κ1) is 25.5. The van der Waals surface area contributed by atoms with Crippen LogP contribution >= 0.6 is 39.0 Å². The molecule has 0 N–H and O–H groups in total. The Morgan fingerprint density at radius 2 is 2.00 bits per heavy atom.